The molecule has 0 saturated carbocycles. The van der Waals surface area contributed by atoms with Gasteiger partial charge in [-0.05, 0) is 51.3 Å². The number of carbonyl (C=O) groups is 1. The fourth-order valence-electron chi connectivity index (χ4n) is 2.16. The van der Waals surface area contributed by atoms with E-state index < -0.39 is 0 Å². The molecule has 0 aliphatic carbocycles. The van der Waals surface area contributed by atoms with Gasteiger partial charge in [0.05, 0.1) is 0 Å². The van der Waals surface area contributed by atoms with E-state index in [0.717, 1.165) is 18.5 Å². The zero-order valence-corrected chi connectivity index (χ0v) is 12.4. The summed E-state index contributed by atoms with van der Waals surface area (Å²) < 4.78 is 0. The summed E-state index contributed by atoms with van der Waals surface area (Å²) >= 11 is 0. The van der Waals surface area contributed by atoms with Crippen molar-refractivity contribution in [2.75, 3.05) is 18.0 Å². The predicted octanol–water partition coefficient (Wildman–Crippen LogP) is 3.11. The monoisotopic (exact) mass is 262 g/mol. The van der Waals surface area contributed by atoms with Crippen molar-refractivity contribution >= 4 is 11.6 Å². The van der Waals surface area contributed by atoms with Crippen molar-refractivity contribution in [3.8, 4) is 0 Å². The van der Waals surface area contributed by atoms with Crippen molar-refractivity contribution in [2.24, 2.45) is 11.7 Å². The molecule has 1 atom stereocenters. The van der Waals surface area contributed by atoms with Crippen molar-refractivity contribution in [1.82, 2.24) is 0 Å². The van der Waals surface area contributed by atoms with Gasteiger partial charge in [0, 0.05) is 18.7 Å². The van der Waals surface area contributed by atoms with Crippen LogP contribution in [0.1, 0.15) is 38.7 Å². The van der Waals surface area contributed by atoms with E-state index in [9.17, 15) is 4.79 Å². The zero-order chi connectivity index (χ0) is 14.3. The number of carbonyl (C=O) groups excluding carboxylic acids is 1. The molecule has 0 aromatic heterocycles. The first-order chi connectivity index (χ1) is 9.08. The Balaban J connectivity index is 2.59. The highest BCUT2D eigenvalue weighted by molar-refractivity contribution is 5.93. The van der Waals surface area contributed by atoms with E-state index in [0.29, 0.717) is 25.4 Å². The first-order valence-electron chi connectivity index (χ1n) is 7.15. The minimum Gasteiger partial charge on any atom is -0.330 e. The fraction of sp³-hybridized carbons (Fsp3) is 0.562. The number of nitrogens with zero attached hydrogens (tertiary/aromatic N) is 1. The minimum absolute atomic E-state index is 0.204. The van der Waals surface area contributed by atoms with E-state index in [4.69, 9.17) is 5.73 Å². The number of aryl methyl sites for hydroxylation is 1. The molecule has 1 amide bonds. The normalized spacial score (nSPS) is 12.2. The van der Waals surface area contributed by atoms with Crippen molar-refractivity contribution in [1.29, 1.82) is 0 Å². The highest BCUT2D eigenvalue weighted by Gasteiger charge is 2.14. The maximum absolute atomic E-state index is 12.3. The molecule has 0 fully saturated rings. The van der Waals surface area contributed by atoms with E-state index in [2.05, 4.69) is 13.8 Å². The van der Waals surface area contributed by atoms with Gasteiger partial charge < -0.3 is 10.6 Å². The Morgan fingerprint density at radius 3 is 2.42 bits per heavy atom. The van der Waals surface area contributed by atoms with Crippen LogP contribution in [-0.2, 0) is 4.79 Å². The van der Waals surface area contributed by atoms with Crippen molar-refractivity contribution in [3.05, 3.63) is 29.8 Å². The Kier molecular flexibility index (Phi) is 6.57. The van der Waals surface area contributed by atoms with Gasteiger partial charge in [-0.25, -0.2) is 0 Å². The van der Waals surface area contributed by atoms with Gasteiger partial charge in [0.1, 0.15) is 0 Å². The molecule has 1 unspecified atom stereocenters. The summed E-state index contributed by atoms with van der Waals surface area (Å²) in [7, 11) is 0. The smallest absolute Gasteiger partial charge is 0.226 e. The van der Waals surface area contributed by atoms with Crippen LogP contribution >= 0.6 is 0 Å². The number of nitrogens with two attached hydrogens (primary N) is 1. The lowest BCUT2D eigenvalue weighted by molar-refractivity contribution is -0.118. The number of anilines is 1. The third-order valence-corrected chi connectivity index (χ3v) is 3.47. The fourth-order valence-corrected chi connectivity index (χ4v) is 2.16. The lowest BCUT2D eigenvalue weighted by Gasteiger charge is -2.22. The second-order valence-corrected chi connectivity index (χ2v) is 5.19. The molecule has 3 heteroatoms. The van der Waals surface area contributed by atoms with Gasteiger partial charge in [-0.3, -0.25) is 4.79 Å². The van der Waals surface area contributed by atoms with Gasteiger partial charge in [0.2, 0.25) is 5.91 Å². The van der Waals surface area contributed by atoms with Gasteiger partial charge in [-0.15, -0.1) is 0 Å². The molecule has 19 heavy (non-hydrogen) atoms. The van der Waals surface area contributed by atoms with Crippen LogP contribution in [0.15, 0.2) is 24.3 Å². The Morgan fingerprint density at radius 2 is 1.89 bits per heavy atom. The second-order valence-electron chi connectivity index (χ2n) is 5.19. The molecule has 106 valence electrons. The maximum atomic E-state index is 12.3. The molecule has 0 heterocycles. The summed E-state index contributed by atoms with van der Waals surface area (Å²) in [6.07, 6.45) is 2.51. The maximum Gasteiger partial charge on any atom is 0.226 e. The van der Waals surface area contributed by atoms with E-state index in [1.807, 2.05) is 36.1 Å². The van der Waals surface area contributed by atoms with E-state index >= 15 is 0 Å². The summed E-state index contributed by atoms with van der Waals surface area (Å²) in [4.78, 5) is 14.1. The van der Waals surface area contributed by atoms with Crippen molar-refractivity contribution in [2.45, 2.75) is 40.0 Å². The quantitative estimate of drug-likeness (QED) is 0.820. The van der Waals surface area contributed by atoms with Gasteiger partial charge in [-0.2, -0.15) is 0 Å². The summed E-state index contributed by atoms with van der Waals surface area (Å²) in [5.74, 6) is 0.723. The van der Waals surface area contributed by atoms with Crippen LogP contribution in [0.2, 0.25) is 0 Å². The topological polar surface area (TPSA) is 46.3 Å². The molecule has 0 spiro atoms. The lowest BCUT2D eigenvalue weighted by Crippen LogP contribution is -2.30. The SMILES string of the molecule is CCN(C(=O)CCC(C)CCN)c1ccc(C)cc1. The highest BCUT2D eigenvalue weighted by Crippen LogP contribution is 2.18. The largest absolute Gasteiger partial charge is 0.330 e. The second kappa shape index (κ2) is 7.95. The molecule has 1 aromatic rings. The lowest BCUT2D eigenvalue weighted by atomic mass is 10.0. The average Bonchev–Trinajstić information content (AvgIpc) is 2.40. The van der Waals surface area contributed by atoms with Crippen molar-refractivity contribution < 1.29 is 4.79 Å². The van der Waals surface area contributed by atoms with Crippen LogP contribution < -0.4 is 10.6 Å². The van der Waals surface area contributed by atoms with E-state index in [1.165, 1.54) is 5.56 Å². The number of hydrogen-bond acceptors (Lipinski definition) is 2. The molecule has 3 nitrogen and oxygen atoms in total. The molecular formula is C16H26N2O. The third kappa shape index (κ3) is 5.03. The van der Waals surface area contributed by atoms with Crippen LogP contribution in [0.25, 0.3) is 0 Å². The summed E-state index contributed by atoms with van der Waals surface area (Å²) in [6.45, 7) is 7.64. The number of benzene rings is 1. The first-order valence-corrected chi connectivity index (χ1v) is 7.15. The summed E-state index contributed by atoms with van der Waals surface area (Å²) in [5, 5.41) is 0. The van der Waals surface area contributed by atoms with Gasteiger partial charge in [0.25, 0.3) is 0 Å². The standard InChI is InChI=1S/C16H26N2O/c1-4-18(15-8-5-13(2)6-9-15)16(19)10-7-14(3)11-12-17/h5-6,8-9,14H,4,7,10-12,17H2,1-3H3. The Labute approximate surface area is 116 Å². The van der Waals surface area contributed by atoms with E-state index in [1.54, 1.807) is 0 Å². The molecule has 1 rings (SSSR count). The van der Waals surface area contributed by atoms with Crippen molar-refractivity contribution in [3.63, 3.8) is 0 Å². The van der Waals surface area contributed by atoms with Gasteiger partial charge >= 0.3 is 0 Å². The van der Waals surface area contributed by atoms with Crippen LogP contribution in [0.4, 0.5) is 5.69 Å². The predicted molar refractivity (Wildman–Crippen MR) is 81.3 cm³/mol. The average molecular weight is 262 g/mol. The van der Waals surface area contributed by atoms with Crippen LogP contribution in [0, 0.1) is 12.8 Å². The molecule has 0 aliphatic heterocycles. The highest BCUT2D eigenvalue weighted by atomic mass is 16.2. The molecule has 0 saturated heterocycles. The van der Waals surface area contributed by atoms with Gasteiger partial charge in [0.15, 0.2) is 0 Å². The molecular weight excluding hydrogens is 236 g/mol. The molecule has 0 bridgehead atoms. The van der Waals surface area contributed by atoms with Crippen LogP contribution in [0.5, 0.6) is 0 Å². The third-order valence-electron chi connectivity index (χ3n) is 3.47. The molecule has 1 aromatic carbocycles. The number of hydrogen-bond donors (Lipinski definition) is 1. The molecule has 0 aliphatic rings. The Bertz CT molecular complexity index is 386. The first kappa shape index (κ1) is 15.7. The van der Waals surface area contributed by atoms with Crippen LogP contribution in [-0.4, -0.2) is 19.0 Å². The van der Waals surface area contributed by atoms with Gasteiger partial charge in [-0.1, -0.05) is 24.6 Å². The molecule has 0 radical (unpaired) electrons. The summed E-state index contributed by atoms with van der Waals surface area (Å²) in [6, 6.07) is 8.12. The number of rotatable bonds is 7. The Morgan fingerprint density at radius 1 is 1.26 bits per heavy atom. The number of amides is 1. The van der Waals surface area contributed by atoms with E-state index in [-0.39, 0.29) is 5.91 Å². The summed E-state index contributed by atoms with van der Waals surface area (Å²) in [5.41, 5.74) is 7.73. The van der Waals surface area contributed by atoms with Crippen LogP contribution in [0.3, 0.4) is 0 Å². The zero-order valence-electron chi connectivity index (χ0n) is 12.4. The minimum atomic E-state index is 0.204. The Hall–Kier alpha value is -1.35. The molecule has 2 N–H and O–H groups in total.